The van der Waals surface area contributed by atoms with Gasteiger partial charge in [0, 0.05) is 48.6 Å². The van der Waals surface area contributed by atoms with E-state index in [4.69, 9.17) is 0 Å². The van der Waals surface area contributed by atoms with Crippen molar-refractivity contribution in [1.82, 2.24) is 19.6 Å². The Morgan fingerprint density at radius 3 is 0.600 bits per heavy atom. The molecule has 0 N–H and O–H groups in total. The zero-order valence-electron chi connectivity index (χ0n) is 15.1. The van der Waals surface area contributed by atoms with Crippen LogP contribution >= 0.6 is 0 Å². The van der Waals surface area contributed by atoms with Crippen LogP contribution < -0.4 is 0 Å². The second-order valence-corrected chi connectivity index (χ2v) is 6.03. The average Bonchev–Trinajstić information content (AvgIpc) is 3.40. The molecule has 4 rings (SSSR count). The lowest BCUT2D eigenvalue weighted by Crippen LogP contribution is -2.44. The molecule has 30 heavy (non-hydrogen) atoms. The van der Waals surface area contributed by atoms with E-state index in [1.165, 1.54) is 0 Å². The fourth-order valence-corrected chi connectivity index (χ4v) is 2.56. The highest BCUT2D eigenvalue weighted by Gasteiger charge is 2.32. The Bertz CT molecular complexity index is 801. The summed E-state index contributed by atoms with van der Waals surface area (Å²) in [5.74, 6) is -4.17. The molecule has 0 saturated heterocycles. The summed E-state index contributed by atoms with van der Waals surface area (Å²) in [6.45, 7) is -0.648. The molecule has 0 aromatic rings. The Hall–Kier alpha value is -4.48. The summed E-state index contributed by atoms with van der Waals surface area (Å²) in [5.41, 5.74) is 0. The number of rotatable bonds is 4. The van der Waals surface area contributed by atoms with E-state index in [-0.39, 0.29) is 13.3 Å². The summed E-state index contributed by atoms with van der Waals surface area (Å²) >= 11 is 0. The van der Waals surface area contributed by atoms with Crippen LogP contribution in [0, 0.1) is 0 Å². The van der Waals surface area contributed by atoms with Crippen molar-refractivity contribution in [2.75, 3.05) is 13.3 Å². The first-order chi connectivity index (χ1) is 14.2. The molecule has 0 bridgehead atoms. The molecule has 4 heterocycles. The smallest absolute Gasteiger partial charge is 0.255 e. The third-order valence-electron chi connectivity index (χ3n) is 4.17. The zero-order chi connectivity index (χ0) is 22.0. The molecule has 4 aliphatic rings. The lowest BCUT2D eigenvalue weighted by molar-refractivity contribution is -0.148. The third kappa shape index (κ3) is 3.87. The molecule has 0 aromatic carbocycles. The SMILES string of the molecule is O=C1C=CC(=O)N1CN1C(=O)C=CC1=O.O=C1C=CC(=O)N1CN1C(=O)C=CC1=O. The maximum absolute atomic E-state index is 11.1. The highest BCUT2D eigenvalue weighted by molar-refractivity contribution is 6.16. The molecule has 0 spiro atoms. The number of carbonyl (C=O) groups excluding carboxylic acids is 8. The quantitative estimate of drug-likeness (QED) is 0.463. The minimum atomic E-state index is -0.521. The van der Waals surface area contributed by atoms with Crippen molar-refractivity contribution in [1.29, 1.82) is 0 Å². The topological polar surface area (TPSA) is 150 Å². The van der Waals surface area contributed by atoms with Crippen LogP contribution in [-0.2, 0) is 38.4 Å². The van der Waals surface area contributed by atoms with Gasteiger partial charge in [-0.2, -0.15) is 0 Å². The van der Waals surface area contributed by atoms with E-state index in [0.717, 1.165) is 68.2 Å². The fraction of sp³-hybridized carbons (Fsp3) is 0.111. The van der Waals surface area contributed by atoms with E-state index in [2.05, 4.69) is 0 Å². The van der Waals surface area contributed by atoms with Gasteiger partial charge in [-0.15, -0.1) is 0 Å². The maximum Gasteiger partial charge on any atom is 0.255 e. The summed E-state index contributed by atoms with van der Waals surface area (Å²) < 4.78 is 0. The number of imide groups is 4. The molecule has 4 aliphatic heterocycles. The average molecular weight is 412 g/mol. The predicted molar refractivity (Wildman–Crippen MR) is 93.7 cm³/mol. The van der Waals surface area contributed by atoms with Crippen LogP contribution in [0.15, 0.2) is 48.6 Å². The van der Waals surface area contributed by atoms with Crippen molar-refractivity contribution < 1.29 is 38.4 Å². The Kier molecular flexibility index (Phi) is 5.31. The molecule has 0 fully saturated rings. The minimum Gasteiger partial charge on any atom is -0.269 e. The summed E-state index contributed by atoms with van der Waals surface area (Å²) in [6, 6.07) is 0. The van der Waals surface area contributed by atoms with E-state index < -0.39 is 47.3 Å². The van der Waals surface area contributed by atoms with E-state index in [1.54, 1.807) is 0 Å². The van der Waals surface area contributed by atoms with Crippen LogP contribution in [0.4, 0.5) is 0 Å². The molecule has 0 atom stereocenters. The van der Waals surface area contributed by atoms with E-state index in [9.17, 15) is 38.4 Å². The Balaban J connectivity index is 0.000000171. The molecule has 0 saturated carbocycles. The normalized spacial score (nSPS) is 20.0. The van der Waals surface area contributed by atoms with Gasteiger partial charge in [0.15, 0.2) is 0 Å². The van der Waals surface area contributed by atoms with Crippen LogP contribution in [0.1, 0.15) is 0 Å². The minimum absolute atomic E-state index is 0.324. The molecular weight excluding hydrogens is 400 g/mol. The molecular formula is C18H12N4O8. The van der Waals surface area contributed by atoms with E-state index in [1.807, 2.05) is 0 Å². The van der Waals surface area contributed by atoms with Gasteiger partial charge in [0.1, 0.15) is 13.3 Å². The number of nitrogens with zero attached hydrogens (tertiary/aromatic N) is 4. The first kappa shape index (κ1) is 20.3. The summed E-state index contributed by atoms with van der Waals surface area (Å²) in [6.07, 6.45) is 8.78. The molecule has 0 aromatic heterocycles. The van der Waals surface area contributed by atoms with Gasteiger partial charge in [-0.05, 0) is 0 Å². The van der Waals surface area contributed by atoms with Crippen molar-refractivity contribution in [2.24, 2.45) is 0 Å². The monoisotopic (exact) mass is 412 g/mol. The fourth-order valence-electron chi connectivity index (χ4n) is 2.56. The largest absolute Gasteiger partial charge is 0.269 e. The van der Waals surface area contributed by atoms with Crippen molar-refractivity contribution >= 4 is 47.3 Å². The second-order valence-electron chi connectivity index (χ2n) is 6.03. The van der Waals surface area contributed by atoms with Crippen LogP contribution in [0.5, 0.6) is 0 Å². The first-order valence-corrected chi connectivity index (χ1v) is 8.33. The number of carbonyl (C=O) groups is 8. The van der Waals surface area contributed by atoms with Crippen LogP contribution in [-0.4, -0.2) is 80.2 Å². The molecule has 0 unspecified atom stereocenters. The van der Waals surface area contributed by atoms with Gasteiger partial charge in [0.25, 0.3) is 47.3 Å². The van der Waals surface area contributed by atoms with Crippen LogP contribution in [0.2, 0.25) is 0 Å². The van der Waals surface area contributed by atoms with Gasteiger partial charge in [-0.3, -0.25) is 58.0 Å². The second kappa shape index (κ2) is 7.87. The van der Waals surface area contributed by atoms with Crippen LogP contribution in [0.25, 0.3) is 0 Å². The van der Waals surface area contributed by atoms with Crippen molar-refractivity contribution in [3.05, 3.63) is 48.6 Å². The van der Waals surface area contributed by atoms with Gasteiger partial charge >= 0.3 is 0 Å². The van der Waals surface area contributed by atoms with Gasteiger partial charge in [-0.25, -0.2) is 0 Å². The Morgan fingerprint density at radius 2 is 0.467 bits per heavy atom. The van der Waals surface area contributed by atoms with Gasteiger partial charge < -0.3 is 0 Å². The van der Waals surface area contributed by atoms with E-state index in [0.29, 0.717) is 0 Å². The van der Waals surface area contributed by atoms with Crippen LogP contribution in [0.3, 0.4) is 0 Å². The number of hydrogen-bond donors (Lipinski definition) is 0. The number of amides is 8. The maximum atomic E-state index is 11.1. The van der Waals surface area contributed by atoms with Crippen molar-refractivity contribution in [2.45, 2.75) is 0 Å². The van der Waals surface area contributed by atoms with Crippen molar-refractivity contribution in [3.63, 3.8) is 0 Å². The van der Waals surface area contributed by atoms with E-state index >= 15 is 0 Å². The summed E-state index contributed by atoms with van der Waals surface area (Å²) in [4.78, 5) is 92.4. The highest BCUT2D eigenvalue weighted by atomic mass is 16.2. The lowest BCUT2D eigenvalue weighted by atomic mass is 10.5. The number of hydrogen-bond acceptors (Lipinski definition) is 8. The molecule has 152 valence electrons. The predicted octanol–water partition coefficient (Wildman–Crippen LogP) is -2.41. The Morgan fingerprint density at radius 1 is 0.333 bits per heavy atom. The molecule has 8 amide bonds. The third-order valence-corrected chi connectivity index (χ3v) is 4.17. The lowest BCUT2D eigenvalue weighted by Gasteiger charge is -2.20. The van der Waals surface area contributed by atoms with Crippen molar-refractivity contribution in [3.8, 4) is 0 Å². The van der Waals surface area contributed by atoms with Gasteiger partial charge in [0.05, 0.1) is 0 Å². The molecule has 0 radical (unpaired) electrons. The molecule has 0 aliphatic carbocycles. The highest BCUT2D eigenvalue weighted by Crippen LogP contribution is 2.10. The zero-order valence-corrected chi connectivity index (χ0v) is 15.1. The molecule has 12 nitrogen and oxygen atoms in total. The first-order valence-electron chi connectivity index (χ1n) is 8.33. The summed E-state index contributed by atoms with van der Waals surface area (Å²) in [7, 11) is 0. The Labute approximate surface area is 167 Å². The molecule has 12 heteroatoms. The van der Waals surface area contributed by atoms with Gasteiger partial charge in [-0.1, -0.05) is 0 Å². The van der Waals surface area contributed by atoms with Gasteiger partial charge in [0.2, 0.25) is 0 Å². The standard InChI is InChI=1S/2C9H6N2O4/c2*12-6-1-2-7(13)10(6)5-11-8(14)3-4-9(11)15/h2*1-4H,5H2. The summed E-state index contributed by atoms with van der Waals surface area (Å²) in [5, 5.41) is 0.